The summed E-state index contributed by atoms with van der Waals surface area (Å²) in [7, 11) is 0. The Bertz CT molecular complexity index is 237. The summed E-state index contributed by atoms with van der Waals surface area (Å²) in [5.74, 6) is -0.829. The molecule has 1 N–H and O–H groups in total. The number of aliphatic carboxylic acids is 1. The van der Waals surface area contributed by atoms with E-state index < -0.39 is 11.7 Å². The molecule has 0 spiro atoms. The van der Waals surface area contributed by atoms with Gasteiger partial charge in [0.05, 0.1) is 19.6 Å². The fourth-order valence-electron chi connectivity index (χ4n) is 0.918. The van der Waals surface area contributed by atoms with Crippen molar-refractivity contribution in [3.63, 3.8) is 0 Å². The largest absolute Gasteiger partial charge is 0.481 e. The second-order valence-corrected chi connectivity index (χ2v) is 9.43. The van der Waals surface area contributed by atoms with Crippen molar-refractivity contribution in [2.45, 2.75) is 32.4 Å². The number of carboxylic acids is 1. The molecule has 0 fully saturated rings. The quantitative estimate of drug-likeness (QED) is 0.686. The minimum absolute atomic E-state index is 0.0726. The summed E-state index contributed by atoms with van der Waals surface area (Å²) in [6.45, 7) is 6.50. The minimum atomic E-state index is -2.35. The highest BCUT2D eigenvalue weighted by Gasteiger charge is 2.23. The molecule has 0 aromatic carbocycles. The van der Waals surface area contributed by atoms with Crippen LogP contribution in [0.2, 0.25) is 0 Å². The highest BCUT2D eigenvalue weighted by molar-refractivity contribution is 8.68. The number of carbonyl (C=O) groups is 1. The van der Waals surface area contributed by atoms with E-state index in [4.69, 9.17) is 26.0 Å². The molecule has 0 aliphatic heterocycles. The van der Waals surface area contributed by atoms with Crippen LogP contribution >= 0.6 is 17.1 Å². The predicted molar refractivity (Wildman–Crippen MR) is 66.8 cm³/mol. The van der Waals surface area contributed by atoms with Crippen molar-refractivity contribution in [3.8, 4) is 0 Å². The maximum atomic E-state index is 10.5. The van der Waals surface area contributed by atoms with Crippen LogP contribution in [-0.2, 0) is 25.6 Å². The van der Waals surface area contributed by atoms with Crippen LogP contribution in [0, 0.1) is 0 Å². The Morgan fingerprint density at radius 2 is 1.93 bits per heavy atom. The third-order valence-electron chi connectivity index (χ3n) is 1.35. The van der Waals surface area contributed by atoms with Gasteiger partial charge in [-0.15, -0.1) is 0 Å². The standard InChI is InChI=1S/C8H17O4PS2/c1-4-11-13(14,12-5-2)15-7(3)6-8(9)10/h7H,4-6H2,1-3H3,(H,9,10). The Morgan fingerprint density at radius 1 is 1.47 bits per heavy atom. The molecule has 0 aromatic heterocycles. The topological polar surface area (TPSA) is 55.8 Å². The molecule has 0 aromatic rings. The van der Waals surface area contributed by atoms with Crippen LogP contribution < -0.4 is 0 Å². The van der Waals surface area contributed by atoms with Crippen molar-refractivity contribution in [3.05, 3.63) is 0 Å². The number of carboxylic acid groups (broad SMARTS) is 1. The van der Waals surface area contributed by atoms with E-state index >= 15 is 0 Å². The highest BCUT2D eigenvalue weighted by Crippen LogP contribution is 2.62. The van der Waals surface area contributed by atoms with E-state index in [1.165, 1.54) is 11.4 Å². The molecule has 90 valence electrons. The van der Waals surface area contributed by atoms with E-state index in [-0.39, 0.29) is 11.7 Å². The SMILES string of the molecule is CCOP(=S)(OCC)SC(C)CC(=O)O. The molecule has 1 atom stereocenters. The van der Waals surface area contributed by atoms with Gasteiger partial charge in [-0.2, -0.15) is 0 Å². The molecule has 1 unspecified atom stereocenters. The van der Waals surface area contributed by atoms with Gasteiger partial charge in [0.1, 0.15) is 0 Å². The molecule has 0 aliphatic rings. The second kappa shape index (κ2) is 7.63. The zero-order valence-electron chi connectivity index (χ0n) is 9.13. The summed E-state index contributed by atoms with van der Waals surface area (Å²) in [5.41, 5.74) is -2.35. The third kappa shape index (κ3) is 7.30. The van der Waals surface area contributed by atoms with Crippen LogP contribution in [0.3, 0.4) is 0 Å². The Labute approximate surface area is 99.6 Å². The molecule has 4 nitrogen and oxygen atoms in total. The van der Waals surface area contributed by atoms with Gasteiger partial charge in [0.25, 0.3) is 0 Å². The first-order valence-electron chi connectivity index (χ1n) is 4.72. The van der Waals surface area contributed by atoms with E-state index in [2.05, 4.69) is 0 Å². The summed E-state index contributed by atoms with van der Waals surface area (Å²) in [5, 5.41) is 8.53. The molecule has 15 heavy (non-hydrogen) atoms. The van der Waals surface area contributed by atoms with Gasteiger partial charge in [0, 0.05) is 5.25 Å². The molecule has 0 radical (unpaired) electrons. The molecule has 0 saturated heterocycles. The summed E-state index contributed by atoms with van der Waals surface area (Å²) >= 11 is 6.59. The maximum absolute atomic E-state index is 10.5. The molecule has 0 amide bonds. The summed E-state index contributed by atoms with van der Waals surface area (Å²) < 4.78 is 10.8. The average molecular weight is 272 g/mol. The summed E-state index contributed by atoms with van der Waals surface area (Å²) in [4.78, 5) is 10.5. The molecule has 7 heteroatoms. The van der Waals surface area contributed by atoms with Crippen LogP contribution in [0.1, 0.15) is 27.2 Å². The molecular weight excluding hydrogens is 255 g/mol. The van der Waals surface area contributed by atoms with Crippen molar-refractivity contribution < 1.29 is 18.9 Å². The van der Waals surface area contributed by atoms with Crippen molar-refractivity contribution in [1.82, 2.24) is 0 Å². The smallest absolute Gasteiger partial charge is 0.304 e. The third-order valence-corrected chi connectivity index (χ3v) is 7.17. The molecule has 0 heterocycles. The Hall–Kier alpha value is 0.390. The van der Waals surface area contributed by atoms with Crippen LogP contribution in [0.4, 0.5) is 0 Å². The first kappa shape index (κ1) is 15.4. The highest BCUT2D eigenvalue weighted by atomic mass is 32.9. The van der Waals surface area contributed by atoms with Gasteiger partial charge in [-0.25, -0.2) is 0 Å². The lowest BCUT2D eigenvalue weighted by molar-refractivity contribution is -0.136. The van der Waals surface area contributed by atoms with Crippen LogP contribution in [0.25, 0.3) is 0 Å². The predicted octanol–water partition coefficient (Wildman–Crippen LogP) is 2.88. The fourth-order valence-corrected chi connectivity index (χ4v) is 6.90. The number of hydrogen-bond acceptors (Lipinski definition) is 5. The molecule has 0 aliphatic carbocycles. The Balaban J connectivity index is 4.27. The van der Waals surface area contributed by atoms with E-state index in [1.54, 1.807) is 0 Å². The van der Waals surface area contributed by atoms with Crippen molar-refractivity contribution in [2.24, 2.45) is 0 Å². The van der Waals surface area contributed by atoms with Gasteiger partial charge < -0.3 is 14.2 Å². The summed E-state index contributed by atoms with van der Waals surface area (Å²) in [6, 6.07) is 0. The van der Waals surface area contributed by atoms with Crippen molar-refractivity contribution in [1.29, 1.82) is 0 Å². The average Bonchev–Trinajstić information content (AvgIpc) is 2.01. The lowest BCUT2D eigenvalue weighted by atomic mass is 10.3. The van der Waals surface area contributed by atoms with Crippen LogP contribution in [0.15, 0.2) is 0 Å². The van der Waals surface area contributed by atoms with E-state index in [0.29, 0.717) is 13.2 Å². The Kier molecular flexibility index (Phi) is 7.83. The van der Waals surface area contributed by atoms with Crippen molar-refractivity contribution in [2.75, 3.05) is 13.2 Å². The van der Waals surface area contributed by atoms with Gasteiger partial charge in [-0.1, -0.05) is 18.3 Å². The molecule has 0 bridgehead atoms. The van der Waals surface area contributed by atoms with Gasteiger partial charge >= 0.3 is 5.97 Å². The van der Waals surface area contributed by atoms with Gasteiger partial charge in [-0.3, -0.25) is 4.79 Å². The molecule has 0 saturated carbocycles. The molecule has 0 rings (SSSR count). The lowest BCUT2D eigenvalue weighted by Crippen LogP contribution is -2.06. The van der Waals surface area contributed by atoms with Crippen LogP contribution in [0.5, 0.6) is 0 Å². The minimum Gasteiger partial charge on any atom is -0.481 e. The normalized spacial score (nSPS) is 13.8. The van der Waals surface area contributed by atoms with Crippen LogP contribution in [-0.4, -0.2) is 29.5 Å². The van der Waals surface area contributed by atoms with E-state index in [9.17, 15) is 4.79 Å². The van der Waals surface area contributed by atoms with Gasteiger partial charge in [0.15, 0.2) is 0 Å². The van der Waals surface area contributed by atoms with Gasteiger partial charge in [0.2, 0.25) is 5.69 Å². The zero-order chi connectivity index (χ0) is 11.9. The van der Waals surface area contributed by atoms with Gasteiger partial charge in [-0.05, 0) is 25.7 Å². The first-order chi connectivity index (χ1) is 6.93. The molecular formula is C8H17O4PS2. The first-order valence-corrected chi connectivity index (χ1v) is 8.85. The van der Waals surface area contributed by atoms with E-state index in [1.807, 2.05) is 20.8 Å². The maximum Gasteiger partial charge on any atom is 0.304 e. The monoisotopic (exact) mass is 272 g/mol. The lowest BCUT2D eigenvalue weighted by Gasteiger charge is -2.22. The number of hydrogen-bond donors (Lipinski definition) is 1. The van der Waals surface area contributed by atoms with Crippen molar-refractivity contribution >= 4 is 34.9 Å². The Morgan fingerprint density at radius 3 is 2.27 bits per heavy atom. The second-order valence-electron chi connectivity index (χ2n) is 2.80. The fraction of sp³-hybridized carbons (Fsp3) is 0.875. The summed E-state index contributed by atoms with van der Waals surface area (Å²) in [6.07, 6.45) is 0.0726. The number of rotatable bonds is 8. The van der Waals surface area contributed by atoms with E-state index in [0.717, 1.165) is 0 Å². The zero-order valence-corrected chi connectivity index (χ0v) is 11.7.